The van der Waals surface area contributed by atoms with Gasteiger partial charge in [0.25, 0.3) is 0 Å². The average Bonchev–Trinajstić information content (AvgIpc) is 2.38. The van der Waals surface area contributed by atoms with Gasteiger partial charge in [-0.2, -0.15) is 0 Å². The van der Waals surface area contributed by atoms with Crippen molar-refractivity contribution in [3.05, 3.63) is 24.3 Å². The average molecular weight is 268 g/mol. The zero-order valence-corrected chi connectivity index (χ0v) is 10.4. The molecule has 0 aromatic heterocycles. The van der Waals surface area contributed by atoms with Crippen LogP contribution < -0.4 is 15.4 Å². The number of carbonyl (C=O) groups excluding carboxylic acids is 1. The van der Waals surface area contributed by atoms with Gasteiger partial charge in [0.1, 0.15) is 11.8 Å². The number of hydrogen-bond donors (Lipinski definition) is 4. The highest BCUT2D eigenvalue weighted by Gasteiger charge is 2.19. The molecule has 1 rings (SSSR count). The van der Waals surface area contributed by atoms with Crippen LogP contribution in [0.5, 0.6) is 5.75 Å². The summed E-state index contributed by atoms with van der Waals surface area (Å²) in [6.45, 7) is -0.323. The summed E-state index contributed by atoms with van der Waals surface area (Å²) < 4.78 is 5.00. The number of aliphatic carboxylic acids is 1. The number of urea groups is 1. The van der Waals surface area contributed by atoms with Crippen molar-refractivity contribution in [2.24, 2.45) is 0 Å². The van der Waals surface area contributed by atoms with E-state index in [9.17, 15) is 9.59 Å². The first-order chi connectivity index (χ1) is 9.06. The molecular weight excluding hydrogens is 252 g/mol. The van der Waals surface area contributed by atoms with Gasteiger partial charge < -0.3 is 25.6 Å². The van der Waals surface area contributed by atoms with Gasteiger partial charge >= 0.3 is 12.0 Å². The number of hydrogen-bond acceptors (Lipinski definition) is 4. The van der Waals surface area contributed by atoms with Crippen LogP contribution in [0.1, 0.15) is 6.42 Å². The van der Waals surface area contributed by atoms with Crippen LogP contribution in [-0.2, 0) is 4.79 Å². The van der Waals surface area contributed by atoms with E-state index in [1.807, 2.05) is 0 Å². The molecule has 1 aromatic carbocycles. The van der Waals surface area contributed by atoms with Crippen molar-refractivity contribution in [2.75, 3.05) is 19.0 Å². The van der Waals surface area contributed by atoms with Crippen LogP contribution in [0.3, 0.4) is 0 Å². The summed E-state index contributed by atoms with van der Waals surface area (Å²) in [7, 11) is 1.50. The lowest BCUT2D eigenvalue weighted by molar-refractivity contribution is -0.139. The van der Waals surface area contributed by atoms with Crippen LogP contribution in [0.2, 0.25) is 0 Å². The van der Waals surface area contributed by atoms with Gasteiger partial charge in [0.2, 0.25) is 0 Å². The third-order valence-electron chi connectivity index (χ3n) is 2.35. The first kappa shape index (κ1) is 14.8. The maximum absolute atomic E-state index is 11.6. The van der Waals surface area contributed by atoms with Gasteiger partial charge in [-0.15, -0.1) is 0 Å². The summed E-state index contributed by atoms with van der Waals surface area (Å²) in [5.41, 5.74) is 0.477. The second kappa shape index (κ2) is 7.22. The largest absolute Gasteiger partial charge is 0.497 e. The van der Waals surface area contributed by atoms with Gasteiger partial charge in [-0.05, 0) is 12.1 Å². The molecule has 19 heavy (non-hydrogen) atoms. The molecule has 0 heterocycles. The molecule has 1 unspecified atom stereocenters. The summed E-state index contributed by atoms with van der Waals surface area (Å²) in [5, 5.41) is 22.3. The minimum Gasteiger partial charge on any atom is -0.497 e. The van der Waals surface area contributed by atoms with E-state index >= 15 is 0 Å². The third-order valence-corrected chi connectivity index (χ3v) is 2.35. The van der Waals surface area contributed by atoms with Crippen molar-refractivity contribution < 1.29 is 24.5 Å². The van der Waals surface area contributed by atoms with Crippen LogP contribution in [-0.4, -0.2) is 42.0 Å². The molecule has 0 saturated heterocycles. The summed E-state index contributed by atoms with van der Waals surface area (Å²) >= 11 is 0. The summed E-state index contributed by atoms with van der Waals surface area (Å²) in [4.78, 5) is 22.4. The lowest BCUT2D eigenvalue weighted by Gasteiger charge is -2.14. The highest BCUT2D eigenvalue weighted by atomic mass is 16.5. The van der Waals surface area contributed by atoms with Crippen LogP contribution in [0.15, 0.2) is 24.3 Å². The Morgan fingerprint density at radius 2 is 2.16 bits per heavy atom. The minimum atomic E-state index is -1.20. The topological polar surface area (TPSA) is 108 Å². The van der Waals surface area contributed by atoms with E-state index in [1.54, 1.807) is 24.3 Å². The zero-order chi connectivity index (χ0) is 14.3. The molecular formula is C12H16N2O5. The molecule has 7 heteroatoms. The Morgan fingerprint density at radius 3 is 2.74 bits per heavy atom. The second-order valence-corrected chi connectivity index (χ2v) is 3.73. The SMILES string of the molecule is COc1cccc(NC(=O)NC(CCO)C(=O)O)c1. The Kier molecular flexibility index (Phi) is 5.62. The lowest BCUT2D eigenvalue weighted by atomic mass is 10.2. The minimum absolute atomic E-state index is 0.0547. The molecule has 104 valence electrons. The van der Waals surface area contributed by atoms with E-state index in [1.165, 1.54) is 7.11 Å². The van der Waals surface area contributed by atoms with Crippen LogP contribution in [0, 0.1) is 0 Å². The number of rotatable bonds is 6. The molecule has 2 amide bonds. The number of carbonyl (C=O) groups is 2. The molecule has 1 aromatic rings. The lowest BCUT2D eigenvalue weighted by Crippen LogP contribution is -2.43. The van der Waals surface area contributed by atoms with Crippen LogP contribution in [0.25, 0.3) is 0 Å². The van der Waals surface area contributed by atoms with E-state index in [4.69, 9.17) is 14.9 Å². The normalized spacial score (nSPS) is 11.5. The zero-order valence-electron chi connectivity index (χ0n) is 10.4. The Labute approximate surface area is 110 Å². The number of carboxylic acids is 1. The Hall–Kier alpha value is -2.28. The van der Waals surface area contributed by atoms with Crippen molar-refractivity contribution in [1.29, 1.82) is 0 Å². The first-order valence-corrected chi connectivity index (χ1v) is 5.62. The number of amides is 2. The number of carboxylic acid groups (broad SMARTS) is 1. The predicted octanol–water partition coefficient (Wildman–Crippen LogP) is 0.652. The summed E-state index contributed by atoms with van der Waals surface area (Å²) in [6, 6.07) is 4.86. The smallest absolute Gasteiger partial charge is 0.326 e. The third kappa shape index (κ3) is 4.84. The quantitative estimate of drug-likeness (QED) is 0.606. The van der Waals surface area contributed by atoms with E-state index in [2.05, 4.69) is 10.6 Å². The molecule has 0 spiro atoms. The van der Waals surface area contributed by atoms with Gasteiger partial charge in [-0.1, -0.05) is 6.07 Å². The molecule has 7 nitrogen and oxygen atoms in total. The molecule has 0 radical (unpaired) electrons. The fraction of sp³-hybridized carbons (Fsp3) is 0.333. The maximum Gasteiger partial charge on any atom is 0.326 e. The van der Waals surface area contributed by atoms with Crippen molar-refractivity contribution >= 4 is 17.7 Å². The van der Waals surface area contributed by atoms with Crippen molar-refractivity contribution in [1.82, 2.24) is 5.32 Å². The van der Waals surface area contributed by atoms with E-state index in [0.29, 0.717) is 11.4 Å². The number of ether oxygens (including phenoxy) is 1. The van der Waals surface area contributed by atoms with Crippen LogP contribution in [0.4, 0.5) is 10.5 Å². The molecule has 0 bridgehead atoms. The molecule has 0 aliphatic heterocycles. The monoisotopic (exact) mass is 268 g/mol. The van der Waals surface area contributed by atoms with E-state index in [-0.39, 0.29) is 13.0 Å². The number of nitrogens with one attached hydrogen (secondary N) is 2. The fourth-order valence-electron chi connectivity index (χ4n) is 1.41. The molecule has 0 aliphatic carbocycles. The van der Waals surface area contributed by atoms with Gasteiger partial charge in [-0.25, -0.2) is 9.59 Å². The molecule has 0 aliphatic rings. The number of anilines is 1. The van der Waals surface area contributed by atoms with E-state index in [0.717, 1.165) is 0 Å². The van der Waals surface area contributed by atoms with Crippen molar-refractivity contribution in [2.45, 2.75) is 12.5 Å². The highest BCUT2D eigenvalue weighted by molar-refractivity contribution is 5.92. The number of benzene rings is 1. The van der Waals surface area contributed by atoms with Gasteiger partial charge in [0.05, 0.1) is 7.11 Å². The summed E-state index contributed by atoms with van der Waals surface area (Å²) in [6.07, 6.45) is -0.0547. The molecule has 0 saturated carbocycles. The Balaban J connectivity index is 2.60. The van der Waals surface area contributed by atoms with Crippen LogP contribution >= 0.6 is 0 Å². The maximum atomic E-state index is 11.6. The highest BCUT2D eigenvalue weighted by Crippen LogP contribution is 2.16. The van der Waals surface area contributed by atoms with E-state index < -0.39 is 18.0 Å². The van der Waals surface area contributed by atoms with Gasteiger partial charge in [-0.3, -0.25) is 0 Å². The fourth-order valence-corrected chi connectivity index (χ4v) is 1.41. The molecule has 0 fully saturated rings. The first-order valence-electron chi connectivity index (χ1n) is 5.62. The number of aliphatic hydroxyl groups is 1. The number of methoxy groups -OCH3 is 1. The Bertz CT molecular complexity index is 450. The Morgan fingerprint density at radius 1 is 1.42 bits per heavy atom. The van der Waals surface area contributed by atoms with Crippen molar-refractivity contribution in [3.63, 3.8) is 0 Å². The number of aliphatic hydroxyl groups excluding tert-OH is 1. The standard InChI is InChI=1S/C12H16N2O5/c1-19-9-4-2-3-8(7-9)13-12(18)14-10(5-6-15)11(16)17/h2-4,7,10,15H,5-6H2,1H3,(H,16,17)(H2,13,14,18). The summed E-state index contributed by atoms with van der Waals surface area (Å²) in [5.74, 6) is -0.627. The molecule has 1 atom stereocenters. The van der Waals surface area contributed by atoms with Gasteiger partial charge in [0.15, 0.2) is 0 Å². The molecule has 4 N–H and O–H groups in total. The van der Waals surface area contributed by atoms with Gasteiger partial charge in [0, 0.05) is 24.8 Å². The second-order valence-electron chi connectivity index (χ2n) is 3.73. The predicted molar refractivity (Wildman–Crippen MR) is 68.3 cm³/mol. The van der Waals surface area contributed by atoms with Crippen molar-refractivity contribution in [3.8, 4) is 5.75 Å².